The van der Waals surface area contributed by atoms with Crippen molar-refractivity contribution in [1.29, 1.82) is 0 Å². The van der Waals surface area contributed by atoms with Crippen molar-refractivity contribution in [3.63, 3.8) is 0 Å². The fourth-order valence-corrected chi connectivity index (χ4v) is 3.96. The minimum atomic E-state index is 0.0982. The quantitative estimate of drug-likeness (QED) is 0.765. The third-order valence-electron chi connectivity index (χ3n) is 5.07. The summed E-state index contributed by atoms with van der Waals surface area (Å²) in [6, 6.07) is 1.25. The number of piperidine rings is 1. The van der Waals surface area contributed by atoms with Gasteiger partial charge in [0.1, 0.15) is 0 Å². The molecule has 2 bridgehead atoms. The Morgan fingerprint density at radius 2 is 1.82 bits per heavy atom. The van der Waals surface area contributed by atoms with Crippen molar-refractivity contribution in [3.05, 3.63) is 0 Å². The maximum Gasteiger partial charge on any atom is 0.224 e. The molecule has 124 valence electrons. The molecule has 2 N–H and O–H groups in total. The van der Waals surface area contributed by atoms with Gasteiger partial charge in [-0.15, -0.1) is 0 Å². The van der Waals surface area contributed by atoms with Gasteiger partial charge in [-0.25, -0.2) is 0 Å². The molecule has 3 fully saturated rings. The minimum absolute atomic E-state index is 0.0982. The largest absolute Gasteiger partial charge is 0.378 e. The molecule has 2 atom stereocenters. The molecular weight excluding hydrogens is 282 g/mol. The van der Waals surface area contributed by atoms with Crippen molar-refractivity contribution in [2.75, 3.05) is 32.8 Å². The van der Waals surface area contributed by atoms with Gasteiger partial charge in [-0.05, 0) is 31.6 Å². The smallest absolute Gasteiger partial charge is 0.224 e. The summed E-state index contributed by atoms with van der Waals surface area (Å²) in [5.41, 5.74) is 0. The van der Waals surface area contributed by atoms with Crippen LogP contribution >= 0.6 is 0 Å². The van der Waals surface area contributed by atoms with Crippen LogP contribution in [0.15, 0.2) is 0 Å². The summed E-state index contributed by atoms with van der Waals surface area (Å²) in [6.07, 6.45) is 5.77. The number of nitrogens with one attached hydrogen (secondary N) is 2. The molecule has 6 nitrogen and oxygen atoms in total. The van der Waals surface area contributed by atoms with Crippen molar-refractivity contribution in [2.45, 2.75) is 50.6 Å². The molecule has 0 saturated carbocycles. The second kappa shape index (κ2) is 7.42. The Labute approximate surface area is 131 Å². The Morgan fingerprint density at radius 1 is 1.14 bits per heavy atom. The van der Waals surface area contributed by atoms with Gasteiger partial charge in [0.25, 0.3) is 0 Å². The van der Waals surface area contributed by atoms with Crippen molar-refractivity contribution in [3.8, 4) is 0 Å². The average molecular weight is 309 g/mol. The molecule has 6 heteroatoms. The van der Waals surface area contributed by atoms with Crippen molar-refractivity contribution in [1.82, 2.24) is 15.5 Å². The van der Waals surface area contributed by atoms with E-state index in [0.29, 0.717) is 63.7 Å². The van der Waals surface area contributed by atoms with E-state index in [9.17, 15) is 9.59 Å². The van der Waals surface area contributed by atoms with Crippen LogP contribution in [0.3, 0.4) is 0 Å². The highest BCUT2D eigenvalue weighted by Gasteiger charge is 2.34. The number of hydrogen-bond acceptors (Lipinski definition) is 4. The van der Waals surface area contributed by atoms with Crippen molar-refractivity contribution < 1.29 is 14.3 Å². The second-order valence-electron chi connectivity index (χ2n) is 6.77. The first-order valence-electron chi connectivity index (χ1n) is 8.59. The molecule has 3 aliphatic heterocycles. The summed E-state index contributed by atoms with van der Waals surface area (Å²) >= 11 is 0. The lowest BCUT2D eigenvalue weighted by atomic mass is 9.89. The Hall–Kier alpha value is -1.14. The molecule has 0 aromatic heterocycles. The van der Waals surface area contributed by atoms with E-state index in [1.165, 1.54) is 12.8 Å². The van der Waals surface area contributed by atoms with E-state index in [4.69, 9.17) is 4.74 Å². The van der Waals surface area contributed by atoms with Crippen LogP contribution in [0.2, 0.25) is 0 Å². The summed E-state index contributed by atoms with van der Waals surface area (Å²) in [7, 11) is 0. The molecule has 3 aliphatic rings. The van der Waals surface area contributed by atoms with Crippen LogP contribution < -0.4 is 10.6 Å². The van der Waals surface area contributed by atoms with E-state index in [1.54, 1.807) is 0 Å². The van der Waals surface area contributed by atoms with Crippen molar-refractivity contribution in [2.24, 2.45) is 5.92 Å². The zero-order chi connectivity index (χ0) is 15.4. The predicted molar refractivity (Wildman–Crippen MR) is 82.3 cm³/mol. The van der Waals surface area contributed by atoms with Gasteiger partial charge < -0.3 is 20.3 Å². The van der Waals surface area contributed by atoms with Gasteiger partial charge in [0.05, 0.1) is 13.2 Å². The number of carbonyl (C=O) groups excluding carboxylic acids is 2. The summed E-state index contributed by atoms with van der Waals surface area (Å²) in [6.45, 7) is 3.04. The first-order valence-corrected chi connectivity index (χ1v) is 8.59. The number of rotatable bonds is 5. The number of amides is 2. The maximum absolute atomic E-state index is 12.0. The first-order chi connectivity index (χ1) is 10.7. The lowest BCUT2D eigenvalue weighted by Gasteiger charge is -2.28. The van der Waals surface area contributed by atoms with Gasteiger partial charge in [0.15, 0.2) is 0 Å². The molecule has 0 radical (unpaired) electrons. The van der Waals surface area contributed by atoms with Gasteiger partial charge in [-0.2, -0.15) is 0 Å². The lowest BCUT2D eigenvalue weighted by Crippen LogP contribution is -2.42. The highest BCUT2D eigenvalue weighted by atomic mass is 16.5. The summed E-state index contributed by atoms with van der Waals surface area (Å²) in [4.78, 5) is 25.8. The normalized spacial score (nSPS) is 31.1. The molecular formula is C16H27N3O3. The number of carbonyl (C=O) groups is 2. The number of fused-ring (bicyclic) bond motifs is 2. The standard InChI is InChI=1S/C16H27N3O3/c20-15(11-12-9-13-1-2-14(10-12)18-13)17-4-3-16(21)19-5-7-22-8-6-19/h12-14,18H,1-11H2,(H,17,20). The topological polar surface area (TPSA) is 70.7 Å². The SMILES string of the molecule is O=C(CC1CC2CCC(C1)N2)NCCC(=O)N1CCOCC1. The maximum atomic E-state index is 12.0. The Balaban J connectivity index is 1.31. The molecule has 0 aromatic rings. The monoisotopic (exact) mass is 309 g/mol. The number of ether oxygens (including phenoxy) is 1. The van der Waals surface area contributed by atoms with E-state index in [2.05, 4.69) is 10.6 Å². The zero-order valence-corrected chi connectivity index (χ0v) is 13.2. The summed E-state index contributed by atoms with van der Waals surface area (Å²) < 4.78 is 5.23. The molecule has 2 unspecified atom stereocenters. The number of nitrogens with zero attached hydrogens (tertiary/aromatic N) is 1. The second-order valence-corrected chi connectivity index (χ2v) is 6.77. The van der Waals surface area contributed by atoms with Gasteiger partial charge in [-0.1, -0.05) is 0 Å². The van der Waals surface area contributed by atoms with Crippen LogP contribution in [0.25, 0.3) is 0 Å². The van der Waals surface area contributed by atoms with E-state index < -0.39 is 0 Å². The number of hydrogen-bond donors (Lipinski definition) is 2. The van der Waals surface area contributed by atoms with Crippen LogP contribution in [0.5, 0.6) is 0 Å². The third-order valence-corrected chi connectivity index (χ3v) is 5.07. The van der Waals surface area contributed by atoms with Crippen LogP contribution in [0.1, 0.15) is 38.5 Å². The Morgan fingerprint density at radius 3 is 2.50 bits per heavy atom. The van der Waals surface area contributed by atoms with E-state index in [1.807, 2.05) is 4.90 Å². The van der Waals surface area contributed by atoms with Crippen LogP contribution in [0.4, 0.5) is 0 Å². The fourth-order valence-electron chi connectivity index (χ4n) is 3.96. The predicted octanol–water partition coefficient (Wildman–Crippen LogP) is 0.272. The van der Waals surface area contributed by atoms with Crippen LogP contribution in [-0.2, 0) is 14.3 Å². The van der Waals surface area contributed by atoms with Gasteiger partial charge in [0.2, 0.25) is 11.8 Å². The zero-order valence-electron chi connectivity index (χ0n) is 13.2. The molecule has 0 aromatic carbocycles. The fraction of sp³-hybridized carbons (Fsp3) is 0.875. The van der Waals surface area contributed by atoms with Gasteiger partial charge >= 0.3 is 0 Å². The summed E-state index contributed by atoms with van der Waals surface area (Å²) in [5.74, 6) is 0.721. The number of morpholine rings is 1. The average Bonchev–Trinajstić information content (AvgIpc) is 2.87. The molecule has 0 spiro atoms. The summed E-state index contributed by atoms with van der Waals surface area (Å²) in [5, 5.41) is 6.51. The molecule has 3 saturated heterocycles. The van der Waals surface area contributed by atoms with Crippen LogP contribution in [0, 0.1) is 5.92 Å². The molecule has 2 amide bonds. The third kappa shape index (κ3) is 4.20. The molecule has 0 aliphatic carbocycles. The molecule has 3 rings (SSSR count). The lowest BCUT2D eigenvalue weighted by molar-refractivity contribution is -0.135. The van der Waals surface area contributed by atoms with Gasteiger partial charge in [0, 0.05) is 44.6 Å². The Bertz CT molecular complexity index is 397. The minimum Gasteiger partial charge on any atom is -0.378 e. The van der Waals surface area contributed by atoms with Gasteiger partial charge in [-0.3, -0.25) is 9.59 Å². The highest BCUT2D eigenvalue weighted by molar-refractivity contribution is 5.79. The van der Waals surface area contributed by atoms with E-state index in [0.717, 1.165) is 12.8 Å². The highest BCUT2D eigenvalue weighted by Crippen LogP contribution is 2.32. The molecule has 3 heterocycles. The first kappa shape index (κ1) is 15.7. The van der Waals surface area contributed by atoms with Crippen molar-refractivity contribution >= 4 is 11.8 Å². The molecule has 22 heavy (non-hydrogen) atoms. The Kier molecular flexibility index (Phi) is 5.31. The van der Waals surface area contributed by atoms with E-state index >= 15 is 0 Å². The van der Waals surface area contributed by atoms with E-state index in [-0.39, 0.29) is 11.8 Å². The van der Waals surface area contributed by atoms with Crippen LogP contribution in [-0.4, -0.2) is 61.6 Å².